The summed E-state index contributed by atoms with van der Waals surface area (Å²) in [5.74, 6) is 0. The summed E-state index contributed by atoms with van der Waals surface area (Å²) < 4.78 is 5.06. The van der Waals surface area contributed by atoms with Gasteiger partial charge in [-0.05, 0) is 20.8 Å². The van der Waals surface area contributed by atoms with Gasteiger partial charge in [0.2, 0.25) is 0 Å². The van der Waals surface area contributed by atoms with Crippen molar-refractivity contribution in [2.45, 2.75) is 32.4 Å². The highest BCUT2D eigenvalue weighted by Gasteiger charge is 2.42. The van der Waals surface area contributed by atoms with Gasteiger partial charge < -0.3 is 9.64 Å². The van der Waals surface area contributed by atoms with Crippen LogP contribution in [0.2, 0.25) is 0 Å². The number of hydrogen-bond donors (Lipinski definition) is 0. The standard InChI is InChI=1S/C7H13NO2/c1-5-7(2,3)10-6(9)8(5)4/h5H,1-4H3/t5-/m1/s1. The van der Waals surface area contributed by atoms with E-state index in [1.54, 1.807) is 11.9 Å². The van der Waals surface area contributed by atoms with Crippen LogP contribution in [0.4, 0.5) is 4.79 Å². The van der Waals surface area contributed by atoms with Crippen molar-refractivity contribution in [1.29, 1.82) is 0 Å². The van der Waals surface area contributed by atoms with E-state index < -0.39 is 0 Å². The van der Waals surface area contributed by atoms with Crippen molar-refractivity contribution in [3.63, 3.8) is 0 Å². The highest BCUT2D eigenvalue weighted by Crippen LogP contribution is 2.26. The fraction of sp³-hybridized carbons (Fsp3) is 0.857. The summed E-state index contributed by atoms with van der Waals surface area (Å²) in [7, 11) is 1.75. The van der Waals surface area contributed by atoms with Crippen LogP contribution < -0.4 is 0 Å². The van der Waals surface area contributed by atoms with Crippen molar-refractivity contribution >= 4 is 6.09 Å². The maximum absolute atomic E-state index is 10.9. The van der Waals surface area contributed by atoms with Crippen LogP contribution in [-0.2, 0) is 4.74 Å². The van der Waals surface area contributed by atoms with Crippen molar-refractivity contribution < 1.29 is 9.53 Å². The molecule has 0 bridgehead atoms. The predicted octanol–water partition coefficient (Wildman–Crippen LogP) is 1.24. The van der Waals surface area contributed by atoms with E-state index in [1.165, 1.54) is 0 Å². The minimum Gasteiger partial charge on any atom is -0.441 e. The first-order valence-electron chi connectivity index (χ1n) is 3.41. The molecule has 1 heterocycles. The number of amides is 1. The molecule has 1 amide bonds. The first kappa shape index (κ1) is 7.38. The Labute approximate surface area is 61.0 Å². The van der Waals surface area contributed by atoms with Gasteiger partial charge in [-0.25, -0.2) is 4.79 Å². The number of ether oxygens (including phenoxy) is 1. The first-order chi connectivity index (χ1) is 4.45. The lowest BCUT2D eigenvalue weighted by molar-refractivity contribution is 0.0716. The summed E-state index contributed by atoms with van der Waals surface area (Å²) in [6, 6.07) is 0.167. The van der Waals surface area contributed by atoms with Crippen molar-refractivity contribution in [1.82, 2.24) is 4.90 Å². The molecule has 1 atom stereocenters. The molecular formula is C7H13NO2. The Morgan fingerprint density at radius 1 is 1.60 bits per heavy atom. The number of carbonyl (C=O) groups is 1. The Hall–Kier alpha value is -0.730. The number of likely N-dealkylation sites (N-methyl/N-ethyl adjacent to an activating group) is 1. The zero-order valence-electron chi connectivity index (χ0n) is 6.84. The highest BCUT2D eigenvalue weighted by atomic mass is 16.6. The molecule has 1 rings (SSSR count). The average molecular weight is 143 g/mol. The second kappa shape index (κ2) is 1.87. The van der Waals surface area contributed by atoms with Crippen molar-refractivity contribution in [2.24, 2.45) is 0 Å². The molecule has 1 aliphatic rings. The highest BCUT2D eigenvalue weighted by molar-refractivity contribution is 5.70. The van der Waals surface area contributed by atoms with E-state index in [-0.39, 0.29) is 17.7 Å². The Balaban J connectivity index is 2.81. The molecule has 0 aromatic rings. The monoisotopic (exact) mass is 143 g/mol. The molecule has 1 fully saturated rings. The van der Waals surface area contributed by atoms with E-state index in [9.17, 15) is 4.79 Å². The molecule has 0 N–H and O–H groups in total. The summed E-state index contributed by atoms with van der Waals surface area (Å²) >= 11 is 0. The summed E-state index contributed by atoms with van der Waals surface area (Å²) in [5, 5.41) is 0. The minimum atomic E-state index is -0.328. The predicted molar refractivity (Wildman–Crippen MR) is 37.8 cm³/mol. The van der Waals surface area contributed by atoms with Crippen molar-refractivity contribution in [3.8, 4) is 0 Å². The van der Waals surface area contributed by atoms with Gasteiger partial charge in [0.25, 0.3) is 0 Å². The van der Waals surface area contributed by atoms with Gasteiger partial charge in [-0.1, -0.05) is 0 Å². The SMILES string of the molecule is C[C@H]1N(C)C(=O)OC1(C)C. The summed E-state index contributed by atoms with van der Waals surface area (Å²) in [6.07, 6.45) is -0.225. The van der Waals surface area contributed by atoms with E-state index in [4.69, 9.17) is 4.74 Å². The molecule has 0 saturated carbocycles. The Morgan fingerprint density at radius 2 is 2.10 bits per heavy atom. The number of cyclic esters (lactones) is 1. The minimum absolute atomic E-state index is 0.167. The number of carbonyl (C=O) groups excluding carboxylic acids is 1. The first-order valence-corrected chi connectivity index (χ1v) is 3.41. The third kappa shape index (κ3) is 0.856. The fourth-order valence-corrected chi connectivity index (χ4v) is 1.01. The van der Waals surface area contributed by atoms with Gasteiger partial charge in [0, 0.05) is 7.05 Å². The van der Waals surface area contributed by atoms with Crippen LogP contribution in [-0.4, -0.2) is 29.7 Å². The normalized spacial score (nSPS) is 30.6. The molecule has 0 aliphatic carbocycles. The third-order valence-electron chi connectivity index (χ3n) is 2.23. The lowest BCUT2D eigenvalue weighted by atomic mass is 10.0. The molecule has 1 aliphatic heterocycles. The molecule has 58 valence electrons. The fourth-order valence-electron chi connectivity index (χ4n) is 1.01. The number of hydrogen-bond acceptors (Lipinski definition) is 2. The van der Waals surface area contributed by atoms with E-state index in [0.29, 0.717) is 0 Å². The van der Waals surface area contributed by atoms with Crippen LogP contribution in [0.3, 0.4) is 0 Å². The Morgan fingerprint density at radius 3 is 2.20 bits per heavy atom. The van der Waals surface area contributed by atoms with Gasteiger partial charge in [0.05, 0.1) is 6.04 Å². The molecule has 0 unspecified atom stereocenters. The quantitative estimate of drug-likeness (QED) is 0.510. The van der Waals surface area contributed by atoms with Gasteiger partial charge in [-0.3, -0.25) is 0 Å². The topological polar surface area (TPSA) is 29.5 Å². The van der Waals surface area contributed by atoms with Gasteiger partial charge in [-0.15, -0.1) is 0 Å². The van der Waals surface area contributed by atoms with E-state index in [1.807, 2.05) is 20.8 Å². The van der Waals surface area contributed by atoms with Gasteiger partial charge >= 0.3 is 6.09 Å². The van der Waals surface area contributed by atoms with Gasteiger partial charge in [0.15, 0.2) is 0 Å². The molecular weight excluding hydrogens is 130 g/mol. The summed E-state index contributed by atoms with van der Waals surface area (Å²) in [6.45, 7) is 5.81. The van der Waals surface area contributed by atoms with E-state index in [2.05, 4.69) is 0 Å². The van der Waals surface area contributed by atoms with Crippen LogP contribution in [0.5, 0.6) is 0 Å². The van der Waals surface area contributed by atoms with Crippen LogP contribution >= 0.6 is 0 Å². The molecule has 10 heavy (non-hydrogen) atoms. The maximum atomic E-state index is 10.9. The number of nitrogens with zero attached hydrogens (tertiary/aromatic N) is 1. The van der Waals surface area contributed by atoms with Crippen molar-refractivity contribution in [3.05, 3.63) is 0 Å². The third-order valence-corrected chi connectivity index (χ3v) is 2.23. The summed E-state index contributed by atoms with van der Waals surface area (Å²) in [5.41, 5.74) is -0.328. The maximum Gasteiger partial charge on any atom is 0.410 e. The lowest BCUT2D eigenvalue weighted by Gasteiger charge is -2.22. The molecule has 3 heteroatoms. The van der Waals surface area contributed by atoms with Crippen LogP contribution in [0.1, 0.15) is 20.8 Å². The molecule has 0 spiro atoms. The van der Waals surface area contributed by atoms with Gasteiger partial charge in [0.1, 0.15) is 5.60 Å². The molecule has 0 aromatic heterocycles. The van der Waals surface area contributed by atoms with E-state index >= 15 is 0 Å². The molecule has 1 saturated heterocycles. The summed E-state index contributed by atoms with van der Waals surface area (Å²) in [4.78, 5) is 12.5. The largest absolute Gasteiger partial charge is 0.441 e. The molecule has 0 aromatic carbocycles. The molecule has 0 radical (unpaired) electrons. The molecule has 3 nitrogen and oxygen atoms in total. The number of rotatable bonds is 0. The van der Waals surface area contributed by atoms with Crippen LogP contribution in [0, 0.1) is 0 Å². The van der Waals surface area contributed by atoms with E-state index in [0.717, 1.165) is 0 Å². The second-order valence-corrected chi connectivity index (χ2v) is 3.26. The lowest BCUT2D eigenvalue weighted by Crippen LogP contribution is -2.36. The zero-order chi connectivity index (χ0) is 7.94. The Bertz CT molecular complexity index is 165. The van der Waals surface area contributed by atoms with Crippen LogP contribution in [0.25, 0.3) is 0 Å². The average Bonchev–Trinajstić information content (AvgIpc) is 1.95. The zero-order valence-corrected chi connectivity index (χ0v) is 6.84. The second-order valence-electron chi connectivity index (χ2n) is 3.26. The van der Waals surface area contributed by atoms with Crippen LogP contribution in [0.15, 0.2) is 0 Å². The smallest absolute Gasteiger partial charge is 0.410 e. The Kier molecular flexibility index (Phi) is 1.38. The van der Waals surface area contributed by atoms with Gasteiger partial charge in [-0.2, -0.15) is 0 Å². The van der Waals surface area contributed by atoms with Crippen molar-refractivity contribution in [2.75, 3.05) is 7.05 Å².